The number of amides is 2. The lowest BCUT2D eigenvalue weighted by atomic mass is 10.1. The Labute approximate surface area is 168 Å². The maximum atomic E-state index is 12.3. The summed E-state index contributed by atoms with van der Waals surface area (Å²) in [5.41, 5.74) is 2.02. The number of hydrogen-bond donors (Lipinski definition) is 2. The highest BCUT2D eigenvalue weighted by Crippen LogP contribution is 2.20. The van der Waals surface area contributed by atoms with Crippen molar-refractivity contribution in [2.24, 2.45) is 0 Å². The summed E-state index contributed by atoms with van der Waals surface area (Å²) >= 11 is 1.19. The normalized spacial score (nSPS) is 15.3. The smallest absolute Gasteiger partial charge is 0.321 e. The topological polar surface area (TPSA) is 83.0 Å². The zero-order valence-electron chi connectivity index (χ0n) is 15.4. The molecule has 8 heteroatoms. The lowest BCUT2D eigenvalue weighted by Gasteiger charge is -2.31. The van der Waals surface area contributed by atoms with E-state index in [1.165, 1.54) is 11.5 Å². The van der Waals surface area contributed by atoms with Crippen molar-refractivity contribution in [2.45, 2.75) is 25.4 Å². The molecule has 0 radical (unpaired) electrons. The fourth-order valence-corrected chi connectivity index (χ4v) is 3.84. The second-order valence-electron chi connectivity index (χ2n) is 6.76. The van der Waals surface area contributed by atoms with Crippen LogP contribution in [0.2, 0.25) is 0 Å². The van der Waals surface area contributed by atoms with E-state index in [-0.39, 0.29) is 12.1 Å². The number of rotatable bonds is 5. The second-order valence-corrected chi connectivity index (χ2v) is 7.51. The lowest BCUT2D eigenvalue weighted by molar-refractivity contribution is 0.188. The number of pyridine rings is 1. The highest BCUT2D eigenvalue weighted by atomic mass is 32.1. The van der Waals surface area contributed by atoms with Gasteiger partial charge < -0.3 is 5.32 Å². The van der Waals surface area contributed by atoms with Gasteiger partial charge in [0.05, 0.1) is 5.69 Å². The van der Waals surface area contributed by atoms with Crippen LogP contribution in [0.5, 0.6) is 0 Å². The first-order valence-corrected chi connectivity index (χ1v) is 10.1. The first-order chi connectivity index (χ1) is 13.8. The number of likely N-dealkylation sites (tertiary alicyclic amines) is 1. The second kappa shape index (κ2) is 8.90. The minimum Gasteiger partial charge on any atom is -0.335 e. The van der Waals surface area contributed by atoms with Crippen LogP contribution in [-0.4, -0.2) is 44.4 Å². The molecule has 7 nitrogen and oxygen atoms in total. The SMILES string of the molecule is O=C(Nc1nc(-c2ccccc2)ns1)NC1CCN(Cc2ccccn2)CC1. The molecule has 2 amide bonds. The van der Waals surface area contributed by atoms with Crippen LogP contribution in [0.4, 0.5) is 9.93 Å². The Hall–Kier alpha value is -2.84. The number of carbonyl (C=O) groups excluding carboxylic acids is 1. The predicted octanol–water partition coefficient (Wildman–Crippen LogP) is 3.39. The predicted molar refractivity (Wildman–Crippen MR) is 110 cm³/mol. The molecule has 0 aliphatic carbocycles. The Morgan fingerprint density at radius 3 is 2.64 bits per heavy atom. The van der Waals surface area contributed by atoms with Crippen LogP contribution in [0, 0.1) is 0 Å². The molecule has 0 saturated carbocycles. The summed E-state index contributed by atoms with van der Waals surface area (Å²) in [6.07, 6.45) is 3.67. The molecule has 28 heavy (non-hydrogen) atoms. The van der Waals surface area contributed by atoms with Gasteiger partial charge in [-0.15, -0.1) is 0 Å². The van der Waals surface area contributed by atoms with Crippen molar-refractivity contribution in [3.63, 3.8) is 0 Å². The fraction of sp³-hybridized carbons (Fsp3) is 0.300. The standard InChI is InChI=1S/C20H22N6OS/c27-19(24-20-23-18(25-28-20)15-6-2-1-3-7-15)22-16-9-12-26(13-10-16)14-17-8-4-5-11-21-17/h1-8,11,16H,9-10,12-14H2,(H2,22,23,24,25,27). The van der Waals surface area contributed by atoms with Gasteiger partial charge in [0.2, 0.25) is 5.13 Å². The van der Waals surface area contributed by atoms with Gasteiger partial charge in [-0.25, -0.2) is 4.79 Å². The molecule has 2 aromatic heterocycles. The molecule has 3 aromatic rings. The summed E-state index contributed by atoms with van der Waals surface area (Å²) in [5, 5.41) is 6.35. The van der Waals surface area contributed by atoms with E-state index in [0.29, 0.717) is 11.0 Å². The van der Waals surface area contributed by atoms with Gasteiger partial charge in [-0.3, -0.25) is 15.2 Å². The number of carbonyl (C=O) groups is 1. The zero-order chi connectivity index (χ0) is 19.2. The summed E-state index contributed by atoms with van der Waals surface area (Å²) in [4.78, 5) is 23.4. The largest absolute Gasteiger partial charge is 0.335 e. The number of hydrogen-bond acceptors (Lipinski definition) is 6. The molecule has 1 aromatic carbocycles. The minimum absolute atomic E-state index is 0.168. The number of piperidine rings is 1. The van der Waals surface area contributed by atoms with Crippen LogP contribution in [0.1, 0.15) is 18.5 Å². The number of urea groups is 1. The van der Waals surface area contributed by atoms with Crippen LogP contribution in [0.25, 0.3) is 11.4 Å². The summed E-state index contributed by atoms with van der Waals surface area (Å²) in [6.45, 7) is 2.74. The van der Waals surface area contributed by atoms with Crippen molar-refractivity contribution in [2.75, 3.05) is 18.4 Å². The number of anilines is 1. The maximum Gasteiger partial charge on any atom is 0.321 e. The molecule has 0 atom stereocenters. The zero-order valence-corrected chi connectivity index (χ0v) is 16.2. The van der Waals surface area contributed by atoms with Crippen molar-refractivity contribution >= 4 is 22.7 Å². The maximum absolute atomic E-state index is 12.3. The van der Waals surface area contributed by atoms with Crippen LogP contribution >= 0.6 is 11.5 Å². The fourth-order valence-electron chi connectivity index (χ4n) is 3.25. The number of nitrogens with one attached hydrogen (secondary N) is 2. The van der Waals surface area contributed by atoms with E-state index >= 15 is 0 Å². The molecule has 4 rings (SSSR count). The quantitative estimate of drug-likeness (QED) is 0.693. The van der Waals surface area contributed by atoms with Gasteiger partial charge in [-0.05, 0) is 25.0 Å². The van der Waals surface area contributed by atoms with E-state index in [2.05, 4.69) is 29.9 Å². The van der Waals surface area contributed by atoms with E-state index in [1.54, 1.807) is 0 Å². The van der Waals surface area contributed by atoms with Gasteiger partial charge in [0, 0.05) is 49.0 Å². The highest BCUT2D eigenvalue weighted by molar-refractivity contribution is 7.10. The van der Waals surface area contributed by atoms with Crippen LogP contribution in [0.15, 0.2) is 54.7 Å². The summed E-state index contributed by atoms with van der Waals surface area (Å²) in [5.74, 6) is 0.628. The van der Waals surface area contributed by atoms with Crippen LogP contribution in [-0.2, 0) is 6.54 Å². The molecule has 0 spiro atoms. The Kier molecular flexibility index (Phi) is 5.89. The number of benzene rings is 1. The number of nitrogens with zero attached hydrogens (tertiary/aromatic N) is 4. The molecule has 1 fully saturated rings. The molecule has 0 bridgehead atoms. The monoisotopic (exact) mass is 394 g/mol. The molecular weight excluding hydrogens is 372 g/mol. The van der Waals surface area contributed by atoms with Gasteiger partial charge in [0.1, 0.15) is 0 Å². The molecule has 1 aliphatic heterocycles. The van der Waals surface area contributed by atoms with E-state index in [0.717, 1.165) is 43.7 Å². The van der Waals surface area contributed by atoms with Gasteiger partial charge in [-0.1, -0.05) is 36.4 Å². The van der Waals surface area contributed by atoms with Crippen molar-refractivity contribution in [3.8, 4) is 11.4 Å². The molecule has 144 valence electrons. The summed E-state index contributed by atoms with van der Waals surface area (Å²) in [6, 6.07) is 15.7. The van der Waals surface area contributed by atoms with E-state index in [4.69, 9.17) is 0 Å². The van der Waals surface area contributed by atoms with Gasteiger partial charge in [0.25, 0.3) is 0 Å². The first-order valence-electron chi connectivity index (χ1n) is 9.35. The Morgan fingerprint density at radius 2 is 1.89 bits per heavy atom. The molecule has 3 heterocycles. The van der Waals surface area contributed by atoms with Crippen LogP contribution in [0.3, 0.4) is 0 Å². The van der Waals surface area contributed by atoms with Crippen molar-refractivity contribution in [1.29, 1.82) is 0 Å². The molecule has 0 unspecified atom stereocenters. The van der Waals surface area contributed by atoms with Crippen LogP contribution < -0.4 is 10.6 Å². The van der Waals surface area contributed by atoms with Crippen molar-refractivity contribution < 1.29 is 4.79 Å². The molecule has 2 N–H and O–H groups in total. The number of aromatic nitrogens is 3. The summed E-state index contributed by atoms with van der Waals surface area (Å²) < 4.78 is 4.31. The average Bonchev–Trinajstić information content (AvgIpc) is 3.19. The minimum atomic E-state index is -0.223. The highest BCUT2D eigenvalue weighted by Gasteiger charge is 2.21. The summed E-state index contributed by atoms with van der Waals surface area (Å²) in [7, 11) is 0. The molecule has 1 aliphatic rings. The third-order valence-electron chi connectivity index (χ3n) is 4.71. The lowest BCUT2D eigenvalue weighted by Crippen LogP contribution is -2.45. The third kappa shape index (κ3) is 4.90. The molecule has 1 saturated heterocycles. The van der Waals surface area contributed by atoms with E-state index < -0.39 is 0 Å². The Bertz CT molecular complexity index is 893. The van der Waals surface area contributed by atoms with Crippen molar-refractivity contribution in [1.82, 2.24) is 24.6 Å². The Morgan fingerprint density at radius 1 is 1.11 bits per heavy atom. The van der Waals surface area contributed by atoms with E-state index in [9.17, 15) is 4.79 Å². The van der Waals surface area contributed by atoms with Gasteiger partial charge in [0.15, 0.2) is 5.82 Å². The van der Waals surface area contributed by atoms with Gasteiger partial charge in [-0.2, -0.15) is 9.36 Å². The van der Waals surface area contributed by atoms with Crippen molar-refractivity contribution in [3.05, 3.63) is 60.4 Å². The third-order valence-corrected chi connectivity index (χ3v) is 5.34. The van der Waals surface area contributed by atoms with Gasteiger partial charge >= 0.3 is 6.03 Å². The van der Waals surface area contributed by atoms with E-state index in [1.807, 2.05) is 54.7 Å². The average molecular weight is 395 g/mol. The molecular formula is C20H22N6OS. The Balaban J connectivity index is 1.23. The first kappa shape index (κ1) is 18.5.